The molecule has 0 heterocycles. The fourth-order valence-corrected chi connectivity index (χ4v) is 0.201. The summed E-state index contributed by atoms with van der Waals surface area (Å²) in [7, 11) is 0. The van der Waals surface area contributed by atoms with E-state index in [1.54, 1.807) is 6.92 Å². The Morgan fingerprint density at radius 3 is 2.50 bits per heavy atom. The summed E-state index contributed by atoms with van der Waals surface area (Å²) in [6.45, 7) is 5.38. The molecule has 0 atom stereocenters. The molecular formula is C5H8CaO2. The van der Waals surface area contributed by atoms with Crippen molar-refractivity contribution in [2.45, 2.75) is 6.92 Å². The summed E-state index contributed by atoms with van der Waals surface area (Å²) in [5.41, 5.74) is 0. The maximum absolute atomic E-state index is 10.1. The second kappa shape index (κ2) is 7.47. The Balaban J connectivity index is 0. The molecule has 0 unspecified atom stereocenters. The number of carbonyl (C=O) groups excluding carboxylic acids is 1. The molecule has 0 spiro atoms. The first-order valence-electron chi connectivity index (χ1n) is 2.10. The predicted molar refractivity (Wildman–Crippen MR) is 32.6 cm³/mol. The molecule has 0 amide bonds. The average molecular weight is 140 g/mol. The summed E-state index contributed by atoms with van der Waals surface area (Å²) in [5, 5.41) is 0. The maximum atomic E-state index is 10.1. The molecule has 0 aromatic carbocycles. The van der Waals surface area contributed by atoms with Gasteiger partial charge in [-0.25, -0.2) is 4.79 Å². The Bertz CT molecular complexity index is 80.5. The van der Waals surface area contributed by atoms with Crippen molar-refractivity contribution in [2.24, 2.45) is 0 Å². The molecule has 8 heavy (non-hydrogen) atoms. The van der Waals surface area contributed by atoms with Crippen molar-refractivity contribution < 1.29 is 9.53 Å². The third-order valence-electron chi connectivity index (χ3n) is 0.453. The van der Waals surface area contributed by atoms with Crippen LogP contribution in [-0.2, 0) is 9.53 Å². The Kier molecular flexibility index (Phi) is 10.5. The van der Waals surface area contributed by atoms with Crippen molar-refractivity contribution in [2.75, 3.05) is 6.61 Å². The van der Waals surface area contributed by atoms with Gasteiger partial charge in [-0.1, -0.05) is 6.58 Å². The van der Waals surface area contributed by atoms with Gasteiger partial charge in [0.05, 0.1) is 6.61 Å². The van der Waals surface area contributed by atoms with Crippen LogP contribution in [0, 0.1) is 0 Å². The molecule has 0 bridgehead atoms. The van der Waals surface area contributed by atoms with E-state index in [0.717, 1.165) is 6.08 Å². The molecule has 3 heteroatoms. The zero-order chi connectivity index (χ0) is 5.70. The molecule has 0 saturated carbocycles. The Hall–Kier alpha value is 0.470. The van der Waals surface area contributed by atoms with E-state index in [9.17, 15) is 4.79 Å². The van der Waals surface area contributed by atoms with E-state index in [4.69, 9.17) is 0 Å². The summed E-state index contributed by atoms with van der Waals surface area (Å²) < 4.78 is 4.43. The number of hydrogen-bond donors (Lipinski definition) is 0. The van der Waals surface area contributed by atoms with Gasteiger partial charge < -0.3 is 4.74 Å². The van der Waals surface area contributed by atoms with E-state index in [1.165, 1.54) is 0 Å². The van der Waals surface area contributed by atoms with Crippen LogP contribution in [0.5, 0.6) is 0 Å². The number of hydrogen-bond acceptors (Lipinski definition) is 2. The molecule has 0 aromatic heterocycles. The van der Waals surface area contributed by atoms with E-state index in [2.05, 4.69) is 11.3 Å². The molecular weight excluding hydrogens is 132 g/mol. The summed E-state index contributed by atoms with van der Waals surface area (Å²) in [5.74, 6) is -0.359. The first-order chi connectivity index (χ1) is 3.31. The van der Waals surface area contributed by atoms with Gasteiger partial charge >= 0.3 is 5.97 Å². The average Bonchev–Trinajstić information content (AvgIpc) is 1.68. The third kappa shape index (κ3) is 6.47. The molecule has 0 aliphatic rings. The first-order valence-corrected chi connectivity index (χ1v) is 2.10. The second-order valence-electron chi connectivity index (χ2n) is 0.956. The molecule has 2 nitrogen and oxygen atoms in total. The predicted octanol–water partition coefficient (Wildman–Crippen LogP) is 0.355. The maximum Gasteiger partial charge on any atom is 0.330 e. The number of carbonyl (C=O) groups is 1. The largest absolute Gasteiger partial charge is 0.463 e. The van der Waals surface area contributed by atoms with Crippen LogP contribution in [0.1, 0.15) is 6.92 Å². The molecule has 0 fully saturated rings. The van der Waals surface area contributed by atoms with Crippen molar-refractivity contribution in [1.29, 1.82) is 0 Å². The fourth-order valence-electron chi connectivity index (χ4n) is 0.201. The Morgan fingerprint density at radius 2 is 2.38 bits per heavy atom. The zero-order valence-electron chi connectivity index (χ0n) is 5.02. The second-order valence-corrected chi connectivity index (χ2v) is 0.956. The topological polar surface area (TPSA) is 26.3 Å². The van der Waals surface area contributed by atoms with Crippen LogP contribution in [0.15, 0.2) is 12.7 Å². The van der Waals surface area contributed by atoms with Crippen LogP contribution >= 0.6 is 0 Å². The summed E-state index contributed by atoms with van der Waals surface area (Å²) in [4.78, 5) is 10.1. The van der Waals surface area contributed by atoms with E-state index in [-0.39, 0.29) is 43.7 Å². The quantitative estimate of drug-likeness (QED) is 0.314. The molecule has 0 aliphatic carbocycles. The number of ether oxygens (including phenoxy) is 1. The monoisotopic (exact) mass is 140 g/mol. The van der Waals surface area contributed by atoms with Gasteiger partial charge in [-0.15, -0.1) is 0 Å². The van der Waals surface area contributed by atoms with Crippen LogP contribution < -0.4 is 0 Å². The smallest absolute Gasteiger partial charge is 0.330 e. The molecule has 0 aromatic rings. The van der Waals surface area contributed by atoms with Gasteiger partial charge in [0.25, 0.3) is 0 Å². The molecule has 0 rings (SSSR count). The molecule has 0 N–H and O–H groups in total. The van der Waals surface area contributed by atoms with Gasteiger partial charge in [-0.3, -0.25) is 0 Å². The van der Waals surface area contributed by atoms with Crippen LogP contribution in [0.25, 0.3) is 0 Å². The number of rotatable bonds is 2. The van der Waals surface area contributed by atoms with Crippen molar-refractivity contribution >= 4 is 43.7 Å². The van der Waals surface area contributed by atoms with E-state index >= 15 is 0 Å². The zero-order valence-corrected chi connectivity index (χ0v) is 7.22. The Morgan fingerprint density at radius 1 is 1.88 bits per heavy atom. The van der Waals surface area contributed by atoms with Crippen LogP contribution in [0.3, 0.4) is 0 Å². The van der Waals surface area contributed by atoms with Crippen molar-refractivity contribution in [3.05, 3.63) is 12.7 Å². The van der Waals surface area contributed by atoms with Crippen LogP contribution in [-0.4, -0.2) is 50.3 Å². The van der Waals surface area contributed by atoms with Gasteiger partial charge in [-0.05, 0) is 6.92 Å². The SMILES string of the molecule is C=CC(=O)OCC.[Ca]. The summed E-state index contributed by atoms with van der Waals surface area (Å²) >= 11 is 0. The van der Waals surface area contributed by atoms with Gasteiger partial charge in [-0.2, -0.15) is 0 Å². The third-order valence-corrected chi connectivity index (χ3v) is 0.453. The normalized spacial score (nSPS) is 6.62. The van der Waals surface area contributed by atoms with Crippen LogP contribution in [0.2, 0.25) is 0 Å². The Labute approximate surface area is 78.9 Å². The summed E-state index contributed by atoms with van der Waals surface area (Å²) in [6, 6.07) is 0. The van der Waals surface area contributed by atoms with Crippen molar-refractivity contribution in [3.63, 3.8) is 0 Å². The van der Waals surface area contributed by atoms with E-state index < -0.39 is 0 Å². The van der Waals surface area contributed by atoms with E-state index in [1.807, 2.05) is 0 Å². The van der Waals surface area contributed by atoms with Crippen LogP contribution in [0.4, 0.5) is 0 Å². The van der Waals surface area contributed by atoms with Gasteiger partial charge in [0.15, 0.2) is 0 Å². The van der Waals surface area contributed by atoms with Crippen molar-refractivity contribution in [3.8, 4) is 0 Å². The molecule has 2 radical (unpaired) electrons. The minimum atomic E-state index is -0.359. The van der Waals surface area contributed by atoms with Gasteiger partial charge in [0.2, 0.25) is 0 Å². The molecule has 0 aliphatic heterocycles. The minimum absolute atomic E-state index is 0. The van der Waals surface area contributed by atoms with E-state index in [0.29, 0.717) is 6.61 Å². The fraction of sp³-hybridized carbons (Fsp3) is 0.400. The number of esters is 1. The standard InChI is InChI=1S/C5H8O2.Ca/c1-3-5(6)7-4-2;/h3H,1,4H2,2H3;. The molecule has 0 saturated heterocycles. The summed E-state index contributed by atoms with van der Waals surface area (Å²) in [6.07, 6.45) is 1.14. The molecule has 42 valence electrons. The van der Waals surface area contributed by atoms with Gasteiger partial charge in [0, 0.05) is 43.8 Å². The first kappa shape index (κ1) is 11.3. The minimum Gasteiger partial charge on any atom is -0.463 e. The van der Waals surface area contributed by atoms with Gasteiger partial charge in [0.1, 0.15) is 0 Å². The van der Waals surface area contributed by atoms with Crippen molar-refractivity contribution in [1.82, 2.24) is 0 Å².